The maximum Gasteiger partial charge on any atom is 0.347 e. The summed E-state index contributed by atoms with van der Waals surface area (Å²) in [7, 11) is -4.08. The van der Waals surface area contributed by atoms with Crippen LogP contribution in [0.15, 0.2) is 35.2 Å². The van der Waals surface area contributed by atoms with Crippen molar-refractivity contribution in [3.05, 3.63) is 30.3 Å². The third-order valence-corrected chi connectivity index (χ3v) is 2.62. The van der Waals surface area contributed by atoms with Crippen molar-refractivity contribution in [3.8, 4) is 0 Å². The van der Waals surface area contributed by atoms with E-state index in [1.54, 1.807) is 6.07 Å². The number of carbonyl (C=O) groups excluding carboxylic acids is 1. The molecule has 0 saturated heterocycles. The number of rotatable bonds is 3. The summed E-state index contributed by atoms with van der Waals surface area (Å²) in [6, 6.07) is 7.21. The smallest absolute Gasteiger partial charge is 0.347 e. The Bertz CT molecular complexity index is 409. The number of carbonyl (C=O) groups is 1. The molecule has 1 aromatic rings. The fourth-order valence-corrected chi connectivity index (χ4v) is 1.67. The molecule has 0 aliphatic rings. The van der Waals surface area contributed by atoms with Gasteiger partial charge in [-0.2, -0.15) is 8.42 Å². The van der Waals surface area contributed by atoms with E-state index < -0.39 is 22.7 Å². The van der Waals surface area contributed by atoms with Crippen molar-refractivity contribution >= 4 is 16.1 Å². The molecule has 0 aromatic heterocycles. The van der Waals surface area contributed by atoms with Crippen LogP contribution in [-0.2, 0) is 19.1 Å². The molecule has 0 saturated carbocycles. The van der Waals surface area contributed by atoms with Crippen molar-refractivity contribution in [1.29, 1.82) is 0 Å². The van der Waals surface area contributed by atoms with E-state index in [2.05, 4.69) is 4.18 Å². The number of aliphatic hydroxyl groups excluding tert-OH is 1. The third kappa shape index (κ3) is 2.54. The third-order valence-electron chi connectivity index (χ3n) is 1.36. The molecular weight excluding hydrogens is 208 g/mol. The highest BCUT2D eigenvalue weighted by Gasteiger charge is 2.18. The van der Waals surface area contributed by atoms with Gasteiger partial charge in [-0.1, -0.05) is 18.2 Å². The van der Waals surface area contributed by atoms with Crippen molar-refractivity contribution in [2.45, 2.75) is 4.90 Å². The van der Waals surface area contributed by atoms with Crippen LogP contribution in [0.3, 0.4) is 0 Å². The fraction of sp³-hybridized carbons (Fsp3) is 0.125. The van der Waals surface area contributed by atoms with Gasteiger partial charge >= 0.3 is 16.1 Å². The Balaban J connectivity index is 2.93. The minimum Gasteiger partial charge on any atom is -0.385 e. The Hall–Kier alpha value is -1.40. The molecular formula is C8H8O5S. The van der Waals surface area contributed by atoms with E-state index in [1.807, 2.05) is 0 Å². The molecule has 0 atom stereocenters. The largest absolute Gasteiger partial charge is 0.385 e. The lowest BCUT2D eigenvalue weighted by Gasteiger charge is -2.02. The van der Waals surface area contributed by atoms with Crippen LogP contribution < -0.4 is 0 Å². The quantitative estimate of drug-likeness (QED) is 0.714. The van der Waals surface area contributed by atoms with Crippen molar-refractivity contribution in [1.82, 2.24) is 0 Å². The zero-order valence-corrected chi connectivity index (χ0v) is 7.90. The summed E-state index contributed by atoms with van der Waals surface area (Å²) in [6.45, 7) is -0.966. The van der Waals surface area contributed by atoms with Crippen molar-refractivity contribution < 1.29 is 22.5 Å². The fourth-order valence-electron chi connectivity index (χ4n) is 0.784. The average molecular weight is 216 g/mol. The summed E-state index contributed by atoms with van der Waals surface area (Å²) in [6.07, 6.45) is 0. The molecule has 0 bridgehead atoms. The Morgan fingerprint density at radius 3 is 2.36 bits per heavy atom. The molecule has 5 nitrogen and oxygen atoms in total. The van der Waals surface area contributed by atoms with Crippen LogP contribution in [0.25, 0.3) is 0 Å². The maximum atomic E-state index is 11.2. The topological polar surface area (TPSA) is 80.7 Å². The van der Waals surface area contributed by atoms with Crippen molar-refractivity contribution in [3.63, 3.8) is 0 Å². The molecule has 6 heteroatoms. The van der Waals surface area contributed by atoms with E-state index in [1.165, 1.54) is 24.3 Å². The van der Waals surface area contributed by atoms with Crippen LogP contribution >= 0.6 is 0 Å². The van der Waals surface area contributed by atoms with Gasteiger partial charge in [0.25, 0.3) is 0 Å². The lowest BCUT2D eigenvalue weighted by Crippen LogP contribution is -2.15. The monoisotopic (exact) mass is 216 g/mol. The average Bonchev–Trinajstić information content (AvgIpc) is 2.18. The number of aliphatic hydroxyl groups is 1. The Kier molecular flexibility index (Phi) is 3.21. The highest BCUT2D eigenvalue weighted by molar-refractivity contribution is 7.87. The first-order valence-electron chi connectivity index (χ1n) is 3.69. The highest BCUT2D eigenvalue weighted by Crippen LogP contribution is 2.10. The summed E-state index contributed by atoms with van der Waals surface area (Å²) in [5.74, 6) is -1.20. The molecule has 0 fully saturated rings. The normalized spacial score (nSPS) is 10.9. The lowest BCUT2D eigenvalue weighted by molar-refractivity contribution is -0.136. The molecule has 76 valence electrons. The Labute approximate surface area is 81.1 Å². The van der Waals surface area contributed by atoms with E-state index in [0.717, 1.165) is 0 Å². The van der Waals surface area contributed by atoms with Crippen LogP contribution in [-0.4, -0.2) is 26.1 Å². The van der Waals surface area contributed by atoms with Crippen LogP contribution in [0, 0.1) is 0 Å². The van der Waals surface area contributed by atoms with E-state index >= 15 is 0 Å². The van der Waals surface area contributed by atoms with Gasteiger partial charge in [0.1, 0.15) is 11.5 Å². The van der Waals surface area contributed by atoms with Crippen molar-refractivity contribution in [2.24, 2.45) is 0 Å². The zero-order valence-electron chi connectivity index (χ0n) is 7.08. The van der Waals surface area contributed by atoms with Gasteiger partial charge in [0.2, 0.25) is 0 Å². The zero-order chi connectivity index (χ0) is 10.6. The van der Waals surface area contributed by atoms with Crippen LogP contribution in [0.4, 0.5) is 0 Å². The molecule has 0 amide bonds. The summed E-state index contributed by atoms with van der Waals surface area (Å²) >= 11 is 0. The van der Waals surface area contributed by atoms with Crippen molar-refractivity contribution in [2.75, 3.05) is 6.61 Å². The molecule has 0 aliphatic carbocycles. The Morgan fingerprint density at radius 1 is 1.29 bits per heavy atom. The van der Waals surface area contributed by atoms with E-state index in [9.17, 15) is 13.2 Å². The number of hydrogen-bond donors (Lipinski definition) is 1. The summed E-state index contributed by atoms with van der Waals surface area (Å²) in [5, 5.41) is 8.31. The molecule has 14 heavy (non-hydrogen) atoms. The second kappa shape index (κ2) is 4.21. The van der Waals surface area contributed by atoms with Gasteiger partial charge in [-0.25, -0.2) is 4.79 Å². The molecule has 0 heterocycles. The van der Waals surface area contributed by atoms with Gasteiger partial charge < -0.3 is 9.29 Å². The second-order valence-corrected chi connectivity index (χ2v) is 3.93. The molecule has 0 radical (unpaired) electrons. The summed E-state index contributed by atoms with van der Waals surface area (Å²) in [4.78, 5) is 10.4. The Morgan fingerprint density at radius 2 is 1.86 bits per heavy atom. The lowest BCUT2D eigenvalue weighted by atomic mass is 10.4. The predicted molar refractivity (Wildman–Crippen MR) is 46.8 cm³/mol. The van der Waals surface area contributed by atoms with Crippen LogP contribution in [0.1, 0.15) is 0 Å². The molecule has 1 N–H and O–H groups in total. The van der Waals surface area contributed by atoms with Gasteiger partial charge in [-0.15, -0.1) is 0 Å². The van der Waals surface area contributed by atoms with E-state index in [4.69, 9.17) is 5.11 Å². The molecule has 1 aromatic carbocycles. The van der Waals surface area contributed by atoms with Crippen LogP contribution in [0.5, 0.6) is 0 Å². The van der Waals surface area contributed by atoms with Gasteiger partial charge in [-0.05, 0) is 12.1 Å². The van der Waals surface area contributed by atoms with E-state index in [-0.39, 0.29) is 4.90 Å². The van der Waals surface area contributed by atoms with Gasteiger partial charge in [-0.3, -0.25) is 0 Å². The molecule has 0 aliphatic heterocycles. The molecule has 0 spiro atoms. The van der Waals surface area contributed by atoms with Gasteiger partial charge in [0.15, 0.2) is 0 Å². The van der Waals surface area contributed by atoms with Crippen LogP contribution in [0.2, 0.25) is 0 Å². The van der Waals surface area contributed by atoms with E-state index in [0.29, 0.717) is 0 Å². The number of benzene rings is 1. The second-order valence-electron chi connectivity index (χ2n) is 2.38. The van der Waals surface area contributed by atoms with Gasteiger partial charge in [0, 0.05) is 0 Å². The molecule has 1 rings (SSSR count). The maximum absolute atomic E-state index is 11.2. The molecule has 0 unspecified atom stereocenters. The summed E-state index contributed by atoms with van der Waals surface area (Å²) < 4.78 is 26.6. The number of hydrogen-bond acceptors (Lipinski definition) is 5. The minimum absolute atomic E-state index is 0.123. The van der Waals surface area contributed by atoms with Gasteiger partial charge in [0.05, 0.1) is 0 Å². The first kappa shape index (κ1) is 10.7. The predicted octanol–water partition coefficient (Wildman–Crippen LogP) is -0.0892. The SMILES string of the molecule is O=C(CO)OS(=O)(=O)c1ccccc1. The highest BCUT2D eigenvalue weighted by atomic mass is 32.2. The first-order valence-corrected chi connectivity index (χ1v) is 5.10. The standard InChI is InChI=1S/C8H8O5S/c9-6-8(10)13-14(11,12)7-4-2-1-3-5-7/h1-5,9H,6H2. The minimum atomic E-state index is -4.08. The first-order chi connectivity index (χ1) is 6.56. The summed E-state index contributed by atoms with van der Waals surface area (Å²) in [5.41, 5.74) is 0.